The molecule has 1 fully saturated rings. The molecule has 1 aromatic carbocycles. The molecular formula is C15H15ClF2N4O. The Morgan fingerprint density at radius 1 is 1.35 bits per heavy atom. The van der Waals surface area contributed by atoms with E-state index in [0.717, 1.165) is 5.69 Å². The molecular weight excluding hydrogens is 326 g/mol. The van der Waals surface area contributed by atoms with Crippen LogP contribution in [0, 0.1) is 0 Å². The first-order chi connectivity index (χ1) is 11.0. The molecule has 2 aromatic rings. The number of hydrogen-bond acceptors (Lipinski definition) is 2. The smallest absolute Gasteiger partial charge is 0.315 e. The van der Waals surface area contributed by atoms with E-state index in [-0.39, 0.29) is 6.54 Å². The molecule has 2 amide bonds. The Kier molecular flexibility index (Phi) is 4.21. The molecule has 1 aliphatic rings. The number of halogens is 3. The van der Waals surface area contributed by atoms with Gasteiger partial charge in [0, 0.05) is 6.20 Å². The number of amides is 2. The van der Waals surface area contributed by atoms with E-state index in [2.05, 4.69) is 15.7 Å². The van der Waals surface area contributed by atoms with Crippen LogP contribution in [0.3, 0.4) is 0 Å². The first-order valence-corrected chi connectivity index (χ1v) is 7.52. The largest absolute Gasteiger partial charge is 0.332 e. The Morgan fingerprint density at radius 3 is 2.74 bits per heavy atom. The Labute approximate surface area is 136 Å². The molecule has 2 N–H and O–H groups in total. The molecule has 0 atom stereocenters. The van der Waals surface area contributed by atoms with E-state index in [4.69, 9.17) is 11.6 Å². The molecule has 1 aliphatic carbocycles. The number of nitrogens with zero attached hydrogens (tertiary/aromatic N) is 2. The van der Waals surface area contributed by atoms with E-state index in [9.17, 15) is 13.6 Å². The van der Waals surface area contributed by atoms with Gasteiger partial charge in [-0.3, -0.25) is 0 Å². The average molecular weight is 341 g/mol. The number of urea groups is 1. The van der Waals surface area contributed by atoms with Crippen molar-refractivity contribution >= 4 is 17.6 Å². The maximum absolute atomic E-state index is 12.8. The third kappa shape index (κ3) is 3.44. The van der Waals surface area contributed by atoms with E-state index < -0.39 is 18.0 Å². The molecule has 0 bridgehead atoms. The van der Waals surface area contributed by atoms with Gasteiger partial charge in [0.1, 0.15) is 5.54 Å². The summed E-state index contributed by atoms with van der Waals surface area (Å²) in [4.78, 5) is 11.7. The third-order valence-corrected chi connectivity index (χ3v) is 4.06. The number of nitrogens with one attached hydrogen (secondary N) is 2. The van der Waals surface area contributed by atoms with Crippen molar-refractivity contribution in [2.75, 3.05) is 0 Å². The van der Waals surface area contributed by atoms with Gasteiger partial charge in [-0.15, -0.1) is 0 Å². The number of carbonyl (C=O) groups is 1. The van der Waals surface area contributed by atoms with Crippen LogP contribution in [0.4, 0.5) is 13.6 Å². The SMILES string of the molecule is O=C(NCc1ccn(-c2ccccc2Cl)n1)NC1(C(F)F)CC1. The van der Waals surface area contributed by atoms with Gasteiger partial charge in [0.2, 0.25) is 0 Å². The number of rotatable bonds is 5. The lowest BCUT2D eigenvalue weighted by atomic mass is 10.3. The summed E-state index contributed by atoms with van der Waals surface area (Å²) in [6.07, 6.45) is -0.219. The minimum Gasteiger partial charge on any atom is -0.332 e. The van der Waals surface area contributed by atoms with Crippen molar-refractivity contribution < 1.29 is 13.6 Å². The molecule has 1 saturated carbocycles. The highest BCUT2D eigenvalue weighted by atomic mass is 35.5. The molecule has 0 unspecified atom stereocenters. The zero-order valence-electron chi connectivity index (χ0n) is 12.1. The summed E-state index contributed by atoms with van der Waals surface area (Å²) in [5.41, 5.74) is -0.0254. The molecule has 8 heteroatoms. The molecule has 1 aromatic heterocycles. The van der Waals surface area contributed by atoms with Crippen molar-refractivity contribution in [1.82, 2.24) is 20.4 Å². The minimum atomic E-state index is -2.55. The van der Waals surface area contributed by atoms with Crippen LogP contribution in [0.15, 0.2) is 36.5 Å². The predicted molar refractivity (Wildman–Crippen MR) is 81.9 cm³/mol. The number of benzene rings is 1. The van der Waals surface area contributed by atoms with Crippen LogP contribution in [-0.4, -0.2) is 27.8 Å². The topological polar surface area (TPSA) is 59.0 Å². The molecule has 0 aliphatic heterocycles. The molecule has 0 radical (unpaired) electrons. The van der Waals surface area contributed by atoms with Gasteiger partial charge in [-0.1, -0.05) is 23.7 Å². The first kappa shape index (κ1) is 15.7. The summed E-state index contributed by atoms with van der Waals surface area (Å²) in [7, 11) is 0. The first-order valence-electron chi connectivity index (χ1n) is 7.14. The molecule has 5 nitrogen and oxygen atoms in total. The van der Waals surface area contributed by atoms with E-state index in [1.165, 1.54) is 0 Å². The van der Waals surface area contributed by atoms with Gasteiger partial charge >= 0.3 is 6.03 Å². The Morgan fingerprint density at radius 2 is 2.09 bits per heavy atom. The van der Waals surface area contributed by atoms with E-state index in [1.54, 1.807) is 23.0 Å². The van der Waals surface area contributed by atoms with Crippen molar-refractivity contribution in [3.05, 3.63) is 47.2 Å². The van der Waals surface area contributed by atoms with Crippen molar-refractivity contribution in [3.63, 3.8) is 0 Å². The van der Waals surface area contributed by atoms with Crippen LogP contribution in [0.2, 0.25) is 5.02 Å². The van der Waals surface area contributed by atoms with Crippen LogP contribution in [0.25, 0.3) is 5.69 Å². The van der Waals surface area contributed by atoms with Gasteiger partial charge in [0.05, 0.1) is 22.9 Å². The fourth-order valence-corrected chi connectivity index (χ4v) is 2.42. The summed E-state index contributed by atoms with van der Waals surface area (Å²) in [6, 6.07) is 8.34. The van der Waals surface area contributed by atoms with Gasteiger partial charge in [0.25, 0.3) is 6.43 Å². The zero-order valence-corrected chi connectivity index (χ0v) is 12.9. The Hall–Kier alpha value is -2.15. The number of alkyl halides is 2. The highest BCUT2D eigenvalue weighted by Crippen LogP contribution is 2.40. The highest BCUT2D eigenvalue weighted by Gasteiger charge is 2.52. The summed E-state index contributed by atoms with van der Waals surface area (Å²) in [6.45, 7) is 0.141. The van der Waals surface area contributed by atoms with Crippen LogP contribution in [-0.2, 0) is 6.54 Å². The summed E-state index contributed by atoms with van der Waals surface area (Å²) >= 11 is 6.09. The van der Waals surface area contributed by atoms with Crippen LogP contribution >= 0.6 is 11.6 Å². The third-order valence-electron chi connectivity index (χ3n) is 3.74. The highest BCUT2D eigenvalue weighted by molar-refractivity contribution is 6.32. The van der Waals surface area contributed by atoms with Gasteiger partial charge in [-0.05, 0) is 31.0 Å². The summed E-state index contributed by atoms with van der Waals surface area (Å²) in [5.74, 6) is 0. The van der Waals surface area contributed by atoms with Crippen molar-refractivity contribution in [3.8, 4) is 5.69 Å². The van der Waals surface area contributed by atoms with E-state index in [0.29, 0.717) is 23.6 Å². The van der Waals surface area contributed by atoms with Crippen LogP contribution < -0.4 is 10.6 Å². The van der Waals surface area contributed by atoms with E-state index in [1.807, 2.05) is 18.2 Å². The molecule has 0 spiro atoms. The molecule has 3 rings (SSSR count). The van der Waals surface area contributed by atoms with Crippen molar-refractivity contribution in [2.24, 2.45) is 0 Å². The van der Waals surface area contributed by atoms with Gasteiger partial charge in [0.15, 0.2) is 0 Å². The van der Waals surface area contributed by atoms with Crippen LogP contribution in [0.1, 0.15) is 18.5 Å². The fourth-order valence-electron chi connectivity index (χ4n) is 2.20. The fraction of sp³-hybridized carbons (Fsp3) is 0.333. The zero-order chi connectivity index (χ0) is 16.4. The van der Waals surface area contributed by atoms with Crippen LogP contribution in [0.5, 0.6) is 0 Å². The number of aromatic nitrogens is 2. The Bertz CT molecular complexity index is 715. The number of para-hydroxylation sites is 1. The van der Waals surface area contributed by atoms with Gasteiger partial charge < -0.3 is 10.6 Å². The lowest BCUT2D eigenvalue weighted by Gasteiger charge is -2.16. The number of hydrogen-bond donors (Lipinski definition) is 2. The van der Waals surface area contributed by atoms with Crippen molar-refractivity contribution in [2.45, 2.75) is 31.4 Å². The van der Waals surface area contributed by atoms with Gasteiger partial charge in [-0.2, -0.15) is 5.10 Å². The van der Waals surface area contributed by atoms with Crippen molar-refractivity contribution in [1.29, 1.82) is 0 Å². The standard InChI is InChI=1S/C15H15ClF2N4O/c16-11-3-1-2-4-12(11)22-8-5-10(21-22)9-19-14(23)20-15(6-7-15)13(17)18/h1-5,8,13H,6-7,9H2,(H2,19,20,23). The minimum absolute atomic E-state index is 0.141. The van der Waals surface area contributed by atoms with Gasteiger partial charge in [-0.25, -0.2) is 18.3 Å². The van der Waals surface area contributed by atoms with E-state index >= 15 is 0 Å². The molecule has 0 saturated heterocycles. The number of carbonyl (C=O) groups excluding carboxylic acids is 1. The average Bonchev–Trinajstić information content (AvgIpc) is 3.15. The second-order valence-electron chi connectivity index (χ2n) is 5.47. The second-order valence-corrected chi connectivity index (χ2v) is 5.87. The lowest BCUT2D eigenvalue weighted by Crippen LogP contribution is -2.47. The monoisotopic (exact) mass is 340 g/mol. The predicted octanol–water partition coefficient (Wildman–Crippen LogP) is 3.12. The Balaban J connectivity index is 1.58. The molecule has 1 heterocycles. The summed E-state index contributed by atoms with van der Waals surface area (Å²) < 4.78 is 27.1. The quantitative estimate of drug-likeness (QED) is 0.878. The lowest BCUT2D eigenvalue weighted by molar-refractivity contribution is 0.0894. The molecule has 23 heavy (non-hydrogen) atoms. The maximum Gasteiger partial charge on any atom is 0.315 e. The second kappa shape index (κ2) is 6.16. The normalized spacial score (nSPS) is 15.5. The summed E-state index contributed by atoms with van der Waals surface area (Å²) in [5, 5.41) is 9.72. The molecule has 122 valence electrons. The maximum atomic E-state index is 12.8.